The van der Waals surface area contributed by atoms with Crippen LogP contribution in [-0.4, -0.2) is 30.1 Å². The van der Waals surface area contributed by atoms with E-state index in [-0.39, 0.29) is 17.5 Å². The minimum atomic E-state index is -0.279. The quantitative estimate of drug-likeness (QED) is 0.595. The molecule has 0 radical (unpaired) electrons. The molecule has 0 bridgehead atoms. The Balaban J connectivity index is 1.67. The summed E-state index contributed by atoms with van der Waals surface area (Å²) in [6.07, 6.45) is 4.25. The minimum absolute atomic E-state index is 0.130. The van der Waals surface area contributed by atoms with Crippen LogP contribution in [0.2, 0.25) is 0 Å². The van der Waals surface area contributed by atoms with Crippen LogP contribution in [0, 0.1) is 6.92 Å². The van der Waals surface area contributed by atoms with Gasteiger partial charge in [0.2, 0.25) is 0 Å². The number of carbonyl (C=O) groups excluding carboxylic acids is 2. The van der Waals surface area contributed by atoms with E-state index in [0.29, 0.717) is 30.8 Å². The molecule has 0 aliphatic carbocycles. The molecule has 0 fully saturated rings. The molecule has 0 atom stereocenters. The number of nitrogens with zero attached hydrogens (tertiary/aromatic N) is 2. The fourth-order valence-corrected chi connectivity index (χ4v) is 1.88. The van der Waals surface area contributed by atoms with Gasteiger partial charge >= 0.3 is 0 Å². The van der Waals surface area contributed by atoms with Crippen LogP contribution in [0.15, 0.2) is 35.1 Å². The molecular formula is C15H19N4O3+. The average Bonchev–Trinajstić information content (AvgIpc) is 2.93. The summed E-state index contributed by atoms with van der Waals surface area (Å²) < 4.78 is 6.65. The lowest BCUT2D eigenvalue weighted by Gasteiger charge is -2.05. The summed E-state index contributed by atoms with van der Waals surface area (Å²) in [6, 6.07) is 5.14. The summed E-state index contributed by atoms with van der Waals surface area (Å²) in [5, 5.41) is 9.16. The molecule has 0 saturated heterocycles. The average molecular weight is 303 g/mol. The van der Waals surface area contributed by atoms with Crippen molar-refractivity contribution < 1.29 is 18.7 Å². The smallest absolute Gasteiger partial charge is 0.273 e. The van der Waals surface area contributed by atoms with E-state index in [1.165, 1.54) is 0 Å². The molecule has 0 aliphatic heterocycles. The highest BCUT2D eigenvalue weighted by Crippen LogP contribution is 2.00. The summed E-state index contributed by atoms with van der Waals surface area (Å²) in [7, 11) is 1.86. The van der Waals surface area contributed by atoms with E-state index in [0.717, 1.165) is 0 Å². The SMILES string of the molecule is Cc1cc(C(=O)NCCCNC(=O)c2ccc[n+](C)c2)no1. The van der Waals surface area contributed by atoms with Crippen molar-refractivity contribution in [2.75, 3.05) is 13.1 Å². The zero-order valence-electron chi connectivity index (χ0n) is 12.6. The molecule has 2 aromatic rings. The number of aryl methyl sites for hydroxylation is 2. The van der Waals surface area contributed by atoms with Gasteiger partial charge in [-0.2, -0.15) is 0 Å². The van der Waals surface area contributed by atoms with Crippen molar-refractivity contribution >= 4 is 11.8 Å². The number of pyridine rings is 1. The summed E-state index contributed by atoms with van der Waals surface area (Å²) in [5.41, 5.74) is 0.866. The number of hydrogen-bond acceptors (Lipinski definition) is 4. The van der Waals surface area contributed by atoms with E-state index < -0.39 is 0 Å². The molecule has 2 aromatic heterocycles. The fourth-order valence-electron chi connectivity index (χ4n) is 1.88. The van der Waals surface area contributed by atoms with Crippen LogP contribution >= 0.6 is 0 Å². The van der Waals surface area contributed by atoms with Gasteiger partial charge in [-0.15, -0.1) is 0 Å². The van der Waals surface area contributed by atoms with Crippen LogP contribution in [0.4, 0.5) is 0 Å². The molecule has 116 valence electrons. The van der Waals surface area contributed by atoms with E-state index in [4.69, 9.17) is 4.52 Å². The Bertz CT molecular complexity index is 666. The summed E-state index contributed by atoms with van der Waals surface area (Å²) in [5.74, 6) is 0.182. The summed E-state index contributed by atoms with van der Waals surface area (Å²) >= 11 is 0. The van der Waals surface area contributed by atoms with Gasteiger partial charge in [-0.3, -0.25) is 9.59 Å². The summed E-state index contributed by atoms with van der Waals surface area (Å²) in [6.45, 7) is 2.66. The molecule has 2 N–H and O–H groups in total. The molecule has 2 heterocycles. The molecule has 0 saturated carbocycles. The number of carbonyl (C=O) groups is 2. The molecule has 2 rings (SSSR count). The highest BCUT2D eigenvalue weighted by atomic mass is 16.5. The van der Waals surface area contributed by atoms with E-state index in [9.17, 15) is 9.59 Å². The van der Waals surface area contributed by atoms with Gasteiger partial charge in [0.25, 0.3) is 11.8 Å². The normalized spacial score (nSPS) is 10.3. The molecule has 7 heteroatoms. The first-order valence-electron chi connectivity index (χ1n) is 7.01. The molecule has 22 heavy (non-hydrogen) atoms. The Hall–Kier alpha value is -2.70. The third-order valence-electron chi connectivity index (χ3n) is 2.99. The minimum Gasteiger partial charge on any atom is -0.361 e. The lowest BCUT2D eigenvalue weighted by atomic mass is 10.2. The topological polar surface area (TPSA) is 88.1 Å². The second-order valence-electron chi connectivity index (χ2n) is 4.95. The number of aromatic nitrogens is 2. The van der Waals surface area contributed by atoms with E-state index in [2.05, 4.69) is 15.8 Å². The van der Waals surface area contributed by atoms with Gasteiger partial charge < -0.3 is 15.2 Å². The number of hydrogen-bond donors (Lipinski definition) is 2. The second kappa shape index (κ2) is 7.35. The Morgan fingerprint density at radius 3 is 2.64 bits per heavy atom. The molecule has 0 aliphatic rings. The van der Waals surface area contributed by atoms with Crippen molar-refractivity contribution in [2.24, 2.45) is 7.05 Å². The Morgan fingerprint density at radius 1 is 1.27 bits per heavy atom. The maximum atomic E-state index is 11.9. The van der Waals surface area contributed by atoms with Gasteiger partial charge in [-0.05, 0) is 19.4 Å². The first kappa shape index (κ1) is 15.7. The van der Waals surface area contributed by atoms with E-state index >= 15 is 0 Å². The van der Waals surface area contributed by atoms with Crippen molar-refractivity contribution in [3.63, 3.8) is 0 Å². The third kappa shape index (κ3) is 4.41. The molecule has 2 amide bonds. The standard InChI is InChI=1S/C15H18N4O3/c1-11-9-13(18-22-11)15(21)17-7-4-6-16-14(20)12-5-3-8-19(2)10-12/h3,5,8-10H,4,6-7H2,1-2H3,(H-,16,17,20,21)/p+1. The molecule has 0 aromatic carbocycles. The van der Waals surface area contributed by atoms with Crippen molar-refractivity contribution in [1.82, 2.24) is 15.8 Å². The van der Waals surface area contributed by atoms with E-state index in [1.54, 1.807) is 25.3 Å². The molecule has 0 spiro atoms. The zero-order valence-corrected chi connectivity index (χ0v) is 12.6. The van der Waals surface area contributed by atoms with Crippen LogP contribution < -0.4 is 15.2 Å². The van der Waals surface area contributed by atoms with Crippen LogP contribution in [0.1, 0.15) is 33.0 Å². The van der Waals surface area contributed by atoms with Crippen molar-refractivity contribution in [2.45, 2.75) is 13.3 Å². The van der Waals surface area contributed by atoms with Gasteiger partial charge in [-0.25, -0.2) is 4.57 Å². The lowest BCUT2D eigenvalue weighted by molar-refractivity contribution is -0.671. The maximum Gasteiger partial charge on any atom is 0.273 e. The first-order chi connectivity index (χ1) is 10.6. The van der Waals surface area contributed by atoms with Gasteiger partial charge in [0.1, 0.15) is 18.4 Å². The highest BCUT2D eigenvalue weighted by molar-refractivity contribution is 5.93. The molecule has 7 nitrogen and oxygen atoms in total. The number of nitrogens with one attached hydrogen (secondary N) is 2. The third-order valence-corrected chi connectivity index (χ3v) is 2.99. The zero-order chi connectivity index (χ0) is 15.9. The van der Waals surface area contributed by atoms with Crippen LogP contribution in [0.3, 0.4) is 0 Å². The first-order valence-corrected chi connectivity index (χ1v) is 7.01. The fraction of sp³-hybridized carbons (Fsp3) is 0.333. The predicted molar refractivity (Wildman–Crippen MR) is 78.1 cm³/mol. The monoisotopic (exact) mass is 303 g/mol. The van der Waals surface area contributed by atoms with Crippen LogP contribution in [-0.2, 0) is 7.05 Å². The van der Waals surface area contributed by atoms with Gasteiger partial charge in [0, 0.05) is 25.2 Å². The van der Waals surface area contributed by atoms with Crippen molar-refractivity contribution in [3.8, 4) is 0 Å². The Kier molecular flexibility index (Phi) is 5.24. The van der Waals surface area contributed by atoms with Gasteiger partial charge in [-0.1, -0.05) is 5.16 Å². The maximum absolute atomic E-state index is 11.9. The Labute approximate surface area is 128 Å². The lowest BCUT2D eigenvalue weighted by Crippen LogP contribution is -2.32. The molecular weight excluding hydrogens is 284 g/mol. The van der Waals surface area contributed by atoms with Gasteiger partial charge in [0.15, 0.2) is 18.1 Å². The van der Waals surface area contributed by atoms with Crippen molar-refractivity contribution in [1.29, 1.82) is 0 Å². The van der Waals surface area contributed by atoms with Gasteiger partial charge in [0.05, 0.1) is 0 Å². The predicted octanol–water partition coefficient (Wildman–Crippen LogP) is 0.357. The van der Waals surface area contributed by atoms with Crippen molar-refractivity contribution in [3.05, 3.63) is 47.6 Å². The second-order valence-corrected chi connectivity index (χ2v) is 4.95. The van der Waals surface area contributed by atoms with Crippen LogP contribution in [0.5, 0.6) is 0 Å². The molecule has 0 unspecified atom stereocenters. The largest absolute Gasteiger partial charge is 0.361 e. The number of rotatable bonds is 6. The number of amides is 2. The van der Waals surface area contributed by atoms with Crippen LogP contribution in [0.25, 0.3) is 0 Å². The Morgan fingerprint density at radius 2 is 2.00 bits per heavy atom. The van der Waals surface area contributed by atoms with E-state index in [1.807, 2.05) is 23.9 Å². The highest BCUT2D eigenvalue weighted by Gasteiger charge is 2.10. The summed E-state index contributed by atoms with van der Waals surface area (Å²) in [4.78, 5) is 23.6.